The van der Waals surface area contributed by atoms with E-state index < -0.39 is 5.91 Å². The van der Waals surface area contributed by atoms with Gasteiger partial charge in [-0.2, -0.15) is 0 Å². The lowest BCUT2D eigenvalue weighted by Gasteiger charge is -2.15. The Kier molecular flexibility index (Phi) is 3.79. The lowest BCUT2D eigenvalue weighted by atomic mass is 10.1. The first kappa shape index (κ1) is 13.7. The molecule has 5 nitrogen and oxygen atoms in total. The van der Waals surface area contributed by atoms with E-state index in [0.717, 1.165) is 11.4 Å². The van der Waals surface area contributed by atoms with Crippen LogP contribution in [0.1, 0.15) is 10.4 Å². The van der Waals surface area contributed by atoms with E-state index in [1.54, 1.807) is 18.2 Å². The van der Waals surface area contributed by atoms with Crippen LogP contribution >= 0.6 is 0 Å². The molecular weight excluding hydrogens is 252 g/mol. The van der Waals surface area contributed by atoms with Crippen LogP contribution < -0.4 is 21.7 Å². The Hall–Kier alpha value is -2.69. The number of nitrogens with zero attached hydrogens (tertiary/aromatic N) is 1. The number of primary amides is 1. The molecule has 2 rings (SSSR count). The molecular formula is C15H18N4O. The minimum Gasteiger partial charge on any atom is -0.397 e. The molecule has 1 amide bonds. The van der Waals surface area contributed by atoms with Gasteiger partial charge in [0.05, 0.1) is 11.4 Å². The third-order valence-electron chi connectivity index (χ3n) is 2.98. The molecule has 0 atom stereocenters. The number of nitrogens with two attached hydrogens (primary N) is 2. The molecule has 5 N–H and O–H groups in total. The number of benzene rings is 2. The van der Waals surface area contributed by atoms with Gasteiger partial charge in [0.15, 0.2) is 0 Å². The first-order valence-corrected chi connectivity index (χ1v) is 6.21. The zero-order valence-corrected chi connectivity index (χ0v) is 11.6. The Morgan fingerprint density at radius 1 is 1.15 bits per heavy atom. The molecule has 0 heterocycles. The number of hydrogen-bond donors (Lipinski definition) is 3. The van der Waals surface area contributed by atoms with Crippen LogP contribution in [0.4, 0.5) is 22.7 Å². The molecule has 104 valence electrons. The van der Waals surface area contributed by atoms with Gasteiger partial charge in [-0.25, -0.2) is 0 Å². The van der Waals surface area contributed by atoms with Crippen molar-refractivity contribution in [2.45, 2.75) is 0 Å². The summed E-state index contributed by atoms with van der Waals surface area (Å²) in [5.41, 5.74) is 14.8. The first-order valence-electron chi connectivity index (χ1n) is 6.21. The third-order valence-corrected chi connectivity index (χ3v) is 2.98. The van der Waals surface area contributed by atoms with Crippen LogP contribution in [0.3, 0.4) is 0 Å². The maximum absolute atomic E-state index is 11.2. The standard InChI is InChI=1S/C15H18N4O/c1-19(2)12-5-3-4-11(9-12)18-14-8-10(15(17)20)6-7-13(14)16/h3-9,18H,16H2,1-2H3,(H2,17,20). The highest BCUT2D eigenvalue weighted by atomic mass is 16.1. The molecule has 0 saturated heterocycles. The predicted molar refractivity (Wildman–Crippen MR) is 83.4 cm³/mol. The molecule has 5 heteroatoms. The zero-order valence-electron chi connectivity index (χ0n) is 11.6. The Morgan fingerprint density at radius 2 is 1.90 bits per heavy atom. The summed E-state index contributed by atoms with van der Waals surface area (Å²) < 4.78 is 0. The molecule has 0 radical (unpaired) electrons. The molecule has 20 heavy (non-hydrogen) atoms. The average Bonchev–Trinajstić information content (AvgIpc) is 2.41. The molecule has 0 bridgehead atoms. The van der Waals surface area contributed by atoms with Crippen molar-refractivity contribution in [2.75, 3.05) is 30.0 Å². The summed E-state index contributed by atoms with van der Waals surface area (Å²) in [7, 11) is 3.95. The lowest BCUT2D eigenvalue weighted by Crippen LogP contribution is -2.11. The van der Waals surface area contributed by atoms with Crippen molar-refractivity contribution in [2.24, 2.45) is 5.73 Å². The molecule has 0 aromatic heterocycles. The monoisotopic (exact) mass is 270 g/mol. The molecule has 0 spiro atoms. The third kappa shape index (κ3) is 3.00. The molecule has 0 aliphatic carbocycles. The van der Waals surface area contributed by atoms with Crippen molar-refractivity contribution in [3.05, 3.63) is 48.0 Å². The minimum atomic E-state index is -0.477. The van der Waals surface area contributed by atoms with Gasteiger partial charge in [-0.3, -0.25) is 4.79 Å². The Morgan fingerprint density at radius 3 is 2.55 bits per heavy atom. The SMILES string of the molecule is CN(C)c1cccc(Nc2cc(C(N)=O)ccc2N)c1. The van der Waals surface area contributed by atoms with Crippen LogP contribution in [-0.2, 0) is 0 Å². The van der Waals surface area contributed by atoms with E-state index in [-0.39, 0.29) is 0 Å². The highest BCUT2D eigenvalue weighted by molar-refractivity contribution is 5.95. The van der Waals surface area contributed by atoms with Crippen molar-refractivity contribution in [1.82, 2.24) is 0 Å². The van der Waals surface area contributed by atoms with Gasteiger partial charge in [-0.1, -0.05) is 6.07 Å². The topological polar surface area (TPSA) is 84.4 Å². The van der Waals surface area contributed by atoms with E-state index >= 15 is 0 Å². The van der Waals surface area contributed by atoms with Gasteiger partial charge in [0.2, 0.25) is 5.91 Å². The summed E-state index contributed by atoms with van der Waals surface area (Å²) in [6, 6.07) is 12.8. The van der Waals surface area contributed by atoms with E-state index in [1.165, 1.54) is 0 Å². The number of nitrogens with one attached hydrogen (secondary N) is 1. The largest absolute Gasteiger partial charge is 0.397 e. The lowest BCUT2D eigenvalue weighted by molar-refractivity contribution is 0.100. The maximum atomic E-state index is 11.2. The summed E-state index contributed by atoms with van der Waals surface area (Å²) in [6.07, 6.45) is 0. The number of carbonyl (C=O) groups excluding carboxylic acids is 1. The van der Waals surface area contributed by atoms with E-state index in [1.807, 2.05) is 43.3 Å². The van der Waals surface area contributed by atoms with Crippen LogP contribution in [-0.4, -0.2) is 20.0 Å². The smallest absolute Gasteiger partial charge is 0.248 e. The van der Waals surface area contributed by atoms with Crippen molar-refractivity contribution in [1.29, 1.82) is 0 Å². The van der Waals surface area contributed by atoms with Gasteiger partial charge in [0, 0.05) is 31.0 Å². The zero-order chi connectivity index (χ0) is 14.7. The van der Waals surface area contributed by atoms with Crippen LogP contribution in [0.15, 0.2) is 42.5 Å². The van der Waals surface area contributed by atoms with Crippen LogP contribution in [0, 0.1) is 0 Å². The molecule has 0 aliphatic heterocycles. The Balaban J connectivity index is 2.32. The quantitative estimate of drug-likeness (QED) is 0.743. The van der Waals surface area contributed by atoms with Crippen molar-refractivity contribution < 1.29 is 4.79 Å². The number of nitrogen functional groups attached to an aromatic ring is 1. The first-order chi connectivity index (χ1) is 9.47. The van der Waals surface area contributed by atoms with Gasteiger partial charge < -0.3 is 21.7 Å². The van der Waals surface area contributed by atoms with Crippen LogP contribution in [0.25, 0.3) is 0 Å². The minimum absolute atomic E-state index is 0.422. The maximum Gasteiger partial charge on any atom is 0.248 e. The van der Waals surface area contributed by atoms with Gasteiger partial charge in [-0.05, 0) is 36.4 Å². The fraction of sp³-hybridized carbons (Fsp3) is 0.133. The van der Waals surface area contributed by atoms with Gasteiger partial charge in [-0.15, -0.1) is 0 Å². The number of carbonyl (C=O) groups is 1. The Labute approximate surface area is 118 Å². The van der Waals surface area contributed by atoms with Gasteiger partial charge in [0.25, 0.3) is 0 Å². The molecule has 0 saturated carbocycles. The summed E-state index contributed by atoms with van der Waals surface area (Å²) in [5, 5.41) is 3.20. The fourth-order valence-corrected chi connectivity index (χ4v) is 1.84. The second-order valence-electron chi connectivity index (χ2n) is 4.74. The van der Waals surface area contributed by atoms with Gasteiger partial charge in [0.1, 0.15) is 0 Å². The average molecular weight is 270 g/mol. The number of anilines is 4. The second-order valence-corrected chi connectivity index (χ2v) is 4.74. The highest BCUT2D eigenvalue weighted by Crippen LogP contribution is 2.26. The van der Waals surface area contributed by atoms with E-state index in [0.29, 0.717) is 16.9 Å². The normalized spacial score (nSPS) is 10.1. The molecule has 0 fully saturated rings. The van der Waals surface area contributed by atoms with Crippen molar-refractivity contribution >= 4 is 28.7 Å². The van der Waals surface area contributed by atoms with Crippen molar-refractivity contribution in [3.8, 4) is 0 Å². The molecule has 0 unspecified atom stereocenters. The number of rotatable bonds is 4. The molecule has 0 aliphatic rings. The van der Waals surface area contributed by atoms with Crippen LogP contribution in [0.5, 0.6) is 0 Å². The fourth-order valence-electron chi connectivity index (χ4n) is 1.84. The number of amides is 1. The highest BCUT2D eigenvalue weighted by Gasteiger charge is 2.06. The van der Waals surface area contributed by atoms with E-state index in [4.69, 9.17) is 11.5 Å². The van der Waals surface area contributed by atoms with E-state index in [2.05, 4.69) is 5.32 Å². The number of hydrogen-bond acceptors (Lipinski definition) is 4. The predicted octanol–water partition coefficient (Wildman–Crippen LogP) is 2.18. The van der Waals surface area contributed by atoms with E-state index in [9.17, 15) is 4.79 Å². The van der Waals surface area contributed by atoms with Gasteiger partial charge >= 0.3 is 0 Å². The molecule has 2 aromatic carbocycles. The second kappa shape index (κ2) is 5.52. The van der Waals surface area contributed by atoms with Crippen LogP contribution in [0.2, 0.25) is 0 Å². The summed E-state index contributed by atoms with van der Waals surface area (Å²) in [6.45, 7) is 0. The Bertz CT molecular complexity index is 638. The summed E-state index contributed by atoms with van der Waals surface area (Å²) in [5.74, 6) is -0.477. The van der Waals surface area contributed by atoms with Crippen molar-refractivity contribution in [3.63, 3.8) is 0 Å². The summed E-state index contributed by atoms with van der Waals surface area (Å²) >= 11 is 0. The summed E-state index contributed by atoms with van der Waals surface area (Å²) in [4.78, 5) is 13.2. The molecule has 2 aromatic rings.